The van der Waals surface area contributed by atoms with Crippen LogP contribution in [0.25, 0.3) is 0 Å². The molecule has 6 heteroatoms. The standard InChI is InChI=1S/C12H17ClN2O3/c1-9-7-12(15(16)17-2)11(8-10(9)13)14-3-5-18-6-4-14/h7-8,16H,3-6H2,1-2H3. The lowest BCUT2D eigenvalue weighted by molar-refractivity contribution is -0.0108. The van der Waals surface area contributed by atoms with Crippen LogP contribution < -0.4 is 10.1 Å². The Morgan fingerprint density at radius 2 is 2.06 bits per heavy atom. The first kappa shape index (κ1) is 13.4. The van der Waals surface area contributed by atoms with Crippen molar-refractivity contribution in [3.8, 4) is 0 Å². The predicted molar refractivity (Wildman–Crippen MR) is 70.5 cm³/mol. The fourth-order valence-electron chi connectivity index (χ4n) is 1.96. The summed E-state index contributed by atoms with van der Waals surface area (Å²) < 4.78 is 5.32. The Balaban J connectivity index is 2.39. The van der Waals surface area contributed by atoms with Gasteiger partial charge in [-0.1, -0.05) is 11.6 Å². The van der Waals surface area contributed by atoms with Gasteiger partial charge in [0.25, 0.3) is 0 Å². The molecule has 1 aromatic carbocycles. The van der Waals surface area contributed by atoms with Crippen molar-refractivity contribution in [1.29, 1.82) is 0 Å². The zero-order chi connectivity index (χ0) is 13.1. The van der Waals surface area contributed by atoms with E-state index in [0.29, 0.717) is 23.9 Å². The fourth-order valence-corrected chi connectivity index (χ4v) is 2.12. The number of morpholine rings is 1. The summed E-state index contributed by atoms with van der Waals surface area (Å²) in [4.78, 5) is 6.97. The summed E-state index contributed by atoms with van der Waals surface area (Å²) in [6.45, 7) is 4.76. The van der Waals surface area contributed by atoms with Crippen LogP contribution in [0, 0.1) is 6.92 Å². The molecule has 0 spiro atoms. The zero-order valence-electron chi connectivity index (χ0n) is 10.5. The van der Waals surface area contributed by atoms with E-state index in [1.165, 1.54) is 7.11 Å². The molecule has 0 bridgehead atoms. The van der Waals surface area contributed by atoms with E-state index in [1.807, 2.05) is 13.0 Å². The van der Waals surface area contributed by atoms with Gasteiger partial charge in [-0.3, -0.25) is 10.0 Å². The van der Waals surface area contributed by atoms with Gasteiger partial charge in [-0.05, 0) is 24.6 Å². The molecule has 1 saturated heterocycles. The molecule has 2 rings (SSSR count). The van der Waals surface area contributed by atoms with Crippen molar-refractivity contribution in [1.82, 2.24) is 0 Å². The lowest BCUT2D eigenvalue weighted by Gasteiger charge is -2.32. The highest BCUT2D eigenvalue weighted by Gasteiger charge is 2.19. The number of halogens is 1. The van der Waals surface area contributed by atoms with Crippen LogP contribution in [-0.2, 0) is 9.57 Å². The number of rotatable bonds is 3. The molecule has 1 heterocycles. The van der Waals surface area contributed by atoms with Crippen LogP contribution >= 0.6 is 11.6 Å². The third-order valence-electron chi connectivity index (χ3n) is 2.99. The van der Waals surface area contributed by atoms with Gasteiger partial charge in [0.15, 0.2) is 0 Å². The van der Waals surface area contributed by atoms with E-state index in [0.717, 1.165) is 29.6 Å². The smallest absolute Gasteiger partial charge is 0.118 e. The first-order valence-electron chi connectivity index (χ1n) is 5.79. The van der Waals surface area contributed by atoms with E-state index in [2.05, 4.69) is 4.90 Å². The molecule has 0 radical (unpaired) electrons. The number of hydrogen-bond donors (Lipinski definition) is 1. The summed E-state index contributed by atoms with van der Waals surface area (Å²) in [5.74, 6) is 0. The Morgan fingerprint density at radius 3 is 2.67 bits per heavy atom. The molecule has 0 aliphatic carbocycles. The van der Waals surface area contributed by atoms with Crippen LogP contribution in [0.3, 0.4) is 0 Å². The Morgan fingerprint density at radius 1 is 1.39 bits per heavy atom. The molecule has 5 nitrogen and oxygen atoms in total. The number of anilines is 2. The largest absolute Gasteiger partial charge is 0.378 e. The second-order valence-electron chi connectivity index (χ2n) is 4.15. The van der Waals surface area contributed by atoms with E-state index in [1.54, 1.807) is 6.07 Å². The summed E-state index contributed by atoms with van der Waals surface area (Å²) in [6, 6.07) is 3.65. The summed E-state index contributed by atoms with van der Waals surface area (Å²) in [5, 5.41) is 11.2. The third kappa shape index (κ3) is 2.70. The molecule has 18 heavy (non-hydrogen) atoms. The van der Waals surface area contributed by atoms with Gasteiger partial charge in [0.05, 0.1) is 26.0 Å². The number of nitrogens with zero attached hydrogens (tertiary/aromatic N) is 2. The average Bonchev–Trinajstić information content (AvgIpc) is 2.41. The van der Waals surface area contributed by atoms with Crippen molar-refractivity contribution < 1.29 is 14.8 Å². The molecular weight excluding hydrogens is 256 g/mol. The third-order valence-corrected chi connectivity index (χ3v) is 3.39. The maximum atomic E-state index is 9.77. The monoisotopic (exact) mass is 272 g/mol. The molecule has 1 aliphatic heterocycles. The molecule has 0 unspecified atom stereocenters. The van der Waals surface area contributed by atoms with Gasteiger partial charge in [0, 0.05) is 18.1 Å². The van der Waals surface area contributed by atoms with Gasteiger partial charge in [0.1, 0.15) is 5.69 Å². The maximum absolute atomic E-state index is 9.77. The SMILES string of the molecule is CON(O)c1cc(C)c(Cl)cc1N1CCOCC1. The van der Waals surface area contributed by atoms with Gasteiger partial charge in [-0.2, -0.15) is 0 Å². The molecule has 1 aromatic rings. The summed E-state index contributed by atoms with van der Waals surface area (Å²) in [7, 11) is 1.41. The minimum atomic E-state index is 0.585. The molecule has 1 aliphatic rings. The molecule has 0 amide bonds. The van der Waals surface area contributed by atoms with Crippen LogP contribution in [0.2, 0.25) is 5.02 Å². The first-order chi connectivity index (χ1) is 8.63. The average molecular weight is 273 g/mol. The van der Waals surface area contributed by atoms with Crippen LogP contribution in [0.15, 0.2) is 12.1 Å². The zero-order valence-corrected chi connectivity index (χ0v) is 11.3. The van der Waals surface area contributed by atoms with Crippen molar-refractivity contribution in [3.05, 3.63) is 22.7 Å². The number of hydrogen-bond acceptors (Lipinski definition) is 5. The number of benzene rings is 1. The quantitative estimate of drug-likeness (QED) is 0.855. The number of aryl methyl sites for hydroxylation is 1. The van der Waals surface area contributed by atoms with Gasteiger partial charge in [0.2, 0.25) is 0 Å². The van der Waals surface area contributed by atoms with Gasteiger partial charge in [-0.15, -0.1) is 5.23 Å². The second kappa shape index (κ2) is 5.75. The highest BCUT2D eigenvalue weighted by atomic mass is 35.5. The highest BCUT2D eigenvalue weighted by molar-refractivity contribution is 6.31. The van der Waals surface area contributed by atoms with Crippen molar-refractivity contribution in [2.24, 2.45) is 0 Å². The normalized spacial score (nSPS) is 15.9. The Kier molecular flexibility index (Phi) is 4.29. The predicted octanol–water partition coefficient (Wildman–Crippen LogP) is 2.24. The lowest BCUT2D eigenvalue weighted by atomic mass is 10.1. The van der Waals surface area contributed by atoms with Gasteiger partial charge < -0.3 is 9.64 Å². The molecule has 0 saturated carbocycles. The van der Waals surface area contributed by atoms with Crippen LogP contribution in [-0.4, -0.2) is 38.6 Å². The minimum absolute atomic E-state index is 0.585. The Bertz CT molecular complexity index is 422. The van der Waals surface area contributed by atoms with E-state index >= 15 is 0 Å². The molecule has 1 fully saturated rings. The molecule has 100 valence electrons. The molecule has 0 atom stereocenters. The number of ether oxygens (including phenoxy) is 1. The van der Waals surface area contributed by atoms with E-state index in [-0.39, 0.29) is 0 Å². The maximum Gasteiger partial charge on any atom is 0.118 e. The lowest BCUT2D eigenvalue weighted by Crippen LogP contribution is -2.37. The van der Waals surface area contributed by atoms with E-state index < -0.39 is 0 Å². The molecule has 0 aromatic heterocycles. The van der Waals surface area contributed by atoms with Crippen molar-refractivity contribution >= 4 is 23.0 Å². The first-order valence-corrected chi connectivity index (χ1v) is 6.17. The summed E-state index contributed by atoms with van der Waals surface area (Å²) in [5.41, 5.74) is 2.32. The minimum Gasteiger partial charge on any atom is -0.378 e. The molecular formula is C12H17ClN2O3. The van der Waals surface area contributed by atoms with Crippen molar-refractivity contribution in [3.63, 3.8) is 0 Å². The van der Waals surface area contributed by atoms with Crippen LogP contribution in [0.4, 0.5) is 11.4 Å². The Labute approximate surface area is 111 Å². The van der Waals surface area contributed by atoms with Gasteiger partial charge >= 0.3 is 0 Å². The van der Waals surface area contributed by atoms with Crippen LogP contribution in [0.5, 0.6) is 0 Å². The fraction of sp³-hybridized carbons (Fsp3) is 0.500. The topological polar surface area (TPSA) is 45.2 Å². The Hall–Kier alpha value is -1.01. The van der Waals surface area contributed by atoms with E-state index in [9.17, 15) is 5.21 Å². The summed E-state index contributed by atoms with van der Waals surface area (Å²) in [6.07, 6.45) is 0. The molecule has 1 N–H and O–H groups in total. The van der Waals surface area contributed by atoms with Crippen molar-refractivity contribution in [2.75, 3.05) is 43.5 Å². The van der Waals surface area contributed by atoms with Gasteiger partial charge in [-0.25, -0.2) is 0 Å². The van der Waals surface area contributed by atoms with Crippen molar-refractivity contribution in [2.45, 2.75) is 6.92 Å². The van der Waals surface area contributed by atoms with E-state index in [4.69, 9.17) is 21.2 Å². The van der Waals surface area contributed by atoms with Crippen LogP contribution in [0.1, 0.15) is 5.56 Å². The summed E-state index contributed by atoms with van der Waals surface area (Å²) >= 11 is 6.15. The highest BCUT2D eigenvalue weighted by Crippen LogP contribution is 2.34. The second-order valence-corrected chi connectivity index (χ2v) is 4.55.